The van der Waals surface area contributed by atoms with Gasteiger partial charge in [-0.25, -0.2) is 0 Å². The fourth-order valence-corrected chi connectivity index (χ4v) is 3.02. The molecule has 1 unspecified atom stereocenters. The fourth-order valence-electron chi connectivity index (χ4n) is 3.02. The number of ether oxygens (including phenoxy) is 1. The van der Waals surface area contributed by atoms with E-state index in [0.29, 0.717) is 25.0 Å². The Kier molecular flexibility index (Phi) is 2.70. The fraction of sp³-hybridized carbons (Fsp3) is 0.769. The quantitative estimate of drug-likeness (QED) is 0.845. The third-order valence-electron chi connectivity index (χ3n) is 4.59. The second-order valence-corrected chi connectivity index (χ2v) is 5.97. The molecule has 1 saturated carbocycles. The minimum Gasteiger partial charge on any atom is -0.408 e. The van der Waals surface area contributed by atoms with Crippen LogP contribution in [0.2, 0.25) is 0 Å². The Morgan fingerprint density at radius 3 is 2.95 bits per heavy atom. The van der Waals surface area contributed by atoms with Crippen LogP contribution in [-0.4, -0.2) is 47.9 Å². The average molecular weight is 278 g/mol. The summed E-state index contributed by atoms with van der Waals surface area (Å²) in [6, 6.07) is 0.587. The lowest BCUT2D eigenvalue weighted by Gasteiger charge is -2.33. The van der Waals surface area contributed by atoms with E-state index in [0.717, 1.165) is 31.7 Å². The first-order valence-corrected chi connectivity index (χ1v) is 7.23. The molecule has 7 nitrogen and oxygen atoms in total. The number of morpholine rings is 1. The van der Waals surface area contributed by atoms with E-state index in [1.165, 1.54) is 6.42 Å². The van der Waals surface area contributed by atoms with Gasteiger partial charge in [-0.05, 0) is 19.3 Å². The molecule has 1 spiro atoms. The van der Waals surface area contributed by atoms with Crippen molar-refractivity contribution in [3.05, 3.63) is 5.89 Å². The number of aromatic nitrogens is 2. The Morgan fingerprint density at radius 1 is 1.35 bits per heavy atom. The SMILES string of the molecule is O=C1COC2(CCN(c3nnc(C4CCC4)o3)C2)CN1. The van der Waals surface area contributed by atoms with Crippen LogP contribution in [0.15, 0.2) is 4.42 Å². The Balaban J connectivity index is 1.45. The molecule has 4 rings (SSSR count). The summed E-state index contributed by atoms with van der Waals surface area (Å²) in [5, 5.41) is 11.2. The first-order valence-electron chi connectivity index (χ1n) is 7.23. The van der Waals surface area contributed by atoms with Crippen molar-refractivity contribution < 1.29 is 13.9 Å². The van der Waals surface area contributed by atoms with Gasteiger partial charge in [0.2, 0.25) is 11.8 Å². The van der Waals surface area contributed by atoms with E-state index >= 15 is 0 Å². The van der Waals surface area contributed by atoms with E-state index in [2.05, 4.69) is 20.4 Å². The largest absolute Gasteiger partial charge is 0.408 e. The van der Waals surface area contributed by atoms with Gasteiger partial charge in [0.05, 0.1) is 6.54 Å². The van der Waals surface area contributed by atoms with E-state index in [1.54, 1.807) is 0 Å². The number of nitrogens with one attached hydrogen (secondary N) is 1. The van der Waals surface area contributed by atoms with Crippen LogP contribution in [0.1, 0.15) is 37.5 Å². The zero-order chi connectivity index (χ0) is 13.6. The highest BCUT2D eigenvalue weighted by Crippen LogP contribution is 2.37. The second kappa shape index (κ2) is 4.44. The maximum absolute atomic E-state index is 11.2. The lowest BCUT2D eigenvalue weighted by atomic mass is 9.85. The van der Waals surface area contributed by atoms with Crippen LogP contribution in [0.4, 0.5) is 6.01 Å². The Morgan fingerprint density at radius 2 is 2.25 bits per heavy atom. The molecule has 1 N–H and O–H groups in total. The van der Waals surface area contributed by atoms with Gasteiger partial charge in [0, 0.05) is 19.0 Å². The maximum atomic E-state index is 11.2. The van der Waals surface area contributed by atoms with Gasteiger partial charge in [0.25, 0.3) is 0 Å². The smallest absolute Gasteiger partial charge is 0.318 e. The third kappa shape index (κ3) is 1.96. The van der Waals surface area contributed by atoms with Crippen molar-refractivity contribution >= 4 is 11.9 Å². The summed E-state index contributed by atoms with van der Waals surface area (Å²) in [4.78, 5) is 13.2. The Bertz CT molecular complexity index is 515. The van der Waals surface area contributed by atoms with Gasteiger partial charge in [-0.1, -0.05) is 11.5 Å². The molecule has 1 aromatic heterocycles. The zero-order valence-corrected chi connectivity index (χ0v) is 11.3. The van der Waals surface area contributed by atoms with E-state index in [4.69, 9.17) is 9.15 Å². The summed E-state index contributed by atoms with van der Waals surface area (Å²) in [6.45, 7) is 2.22. The summed E-state index contributed by atoms with van der Waals surface area (Å²) < 4.78 is 11.5. The lowest BCUT2D eigenvalue weighted by Crippen LogP contribution is -2.53. The van der Waals surface area contributed by atoms with Gasteiger partial charge in [0.1, 0.15) is 12.2 Å². The van der Waals surface area contributed by atoms with Gasteiger partial charge < -0.3 is 19.4 Å². The molecular formula is C13H18N4O3. The molecule has 7 heteroatoms. The van der Waals surface area contributed by atoms with Crippen molar-refractivity contribution in [2.24, 2.45) is 0 Å². The van der Waals surface area contributed by atoms with Crippen LogP contribution < -0.4 is 10.2 Å². The van der Waals surface area contributed by atoms with Crippen LogP contribution in [0.3, 0.4) is 0 Å². The number of nitrogens with zero attached hydrogens (tertiary/aromatic N) is 3. The van der Waals surface area contributed by atoms with Gasteiger partial charge in [0.15, 0.2) is 0 Å². The van der Waals surface area contributed by atoms with Crippen LogP contribution >= 0.6 is 0 Å². The van der Waals surface area contributed by atoms with Crippen LogP contribution in [0, 0.1) is 0 Å². The molecule has 1 amide bonds. The molecule has 20 heavy (non-hydrogen) atoms. The highest BCUT2D eigenvalue weighted by molar-refractivity contribution is 5.78. The summed E-state index contributed by atoms with van der Waals surface area (Å²) >= 11 is 0. The molecule has 3 aliphatic rings. The van der Waals surface area contributed by atoms with Crippen LogP contribution in [0.25, 0.3) is 0 Å². The van der Waals surface area contributed by atoms with Crippen molar-refractivity contribution in [2.45, 2.75) is 37.2 Å². The predicted molar refractivity (Wildman–Crippen MR) is 69.4 cm³/mol. The van der Waals surface area contributed by atoms with Crippen molar-refractivity contribution in [2.75, 3.05) is 31.1 Å². The molecule has 0 bridgehead atoms. The van der Waals surface area contributed by atoms with Gasteiger partial charge >= 0.3 is 6.01 Å². The first kappa shape index (κ1) is 12.1. The summed E-state index contributed by atoms with van der Waals surface area (Å²) in [5.74, 6) is 1.18. The molecule has 1 aliphatic carbocycles. The number of amides is 1. The molecule has 108 valence electrons. The number of anilines is 1. The van der Waals surface area contributed by atoms with E-state index in [-0.39, 0.29) is 18.1 Å². The zero-order valence-electron chi connectivity index (χ0n) is 11.3. The minimum atomic E-state index is -0.293. The molecule has 3 fully saturated rings. The second-order valence-electron chi connectivity index (χ2n) is 5.97. The maximum Gasteiger partial charge on any atom is 0.318 e. The van der Waals surface area contributed by atoms with Crippen LogP contribution in [-0.2, 0) is 9.53 Å². The Hall–Kier alpha value is -1.63. The van der Waals surface area contributed by atoms with E-state index < -0.39 is 0 Å². The van der Waals surface area contributed by atoms with Crippen LogP contribution in [0.5, 0.6) is 0 Å². The predicted octanol–water partition coefficient (Wildman–Crippen LogP) is 0.432. The standard InChI is InChI=1S/C13H18N4O3/c18-10-6-19-13(7-14-10)4-5-17(8-13)12-16-15-11(20-12)9-2-1-3-9/h9H,1-8H2,(H,14,18). The van der Waals surface area contributed by atoms with Crippen molar-refractivity contribution in [3.63, 3.8) is 0 Å². The normalized spacial score (nSPS) is 30.6. The molecule has 2 saturated heterocycles. The molecule has 0 radical (unpaired) electrons. The van der Waals surface area contributed by atoms with Crippen molar-refractivity contribution in [3.8, 4) is 0 Å². The lowest BCUT2D eigenvalue weighted by molar-refractivity contribution is -0.141. The number of hydrogen-bond acceptors (Lipinski definition) is 6. The highest BCUT2D eigenvalue weighted by atomic mass is 16.5. The molecular weight excluding hydrogens is 260 g/mol. The van der Waals surface area contributed by atoms with Gasteiger partial charge in [-0.3, -0.25) is 4.79 Å². The van der Waals surface area contributed by atoms with E-state index in [1.807, 2.05) is 0 Å². The number of hydrogen-bond donors (Lipinski definition) is 1. The van der Waals surface area contributed by atoms with Gasteiger partial charge in [-0.2, -0.15) is 0 Å². The molecule has 2 aliphatic heterocycles. The molecule has 1 aromatic rings. The number of carbonyl (C=O) groups is 1. The first-order chi connectivity index (χ1) is 9.74. The minimum absolute atomic E-state index is 0.0425. The van der Waals surface area contributed by atoms with Crippen molar-refractivity contribution in [1.29, 1.82) is 0 Å². The number of rotatable bonds is 2. The molecule has 1 atom stereocenters. The average Bonchev–Trinajstić information content (AvgIpc) is 2.99. The topological polar surface area (TPSA) is 80.5 Å². The van der Waals surface area contributed by atoms with Gasteiger partial charge in [-0.15, -0.1) is 5.10 Å². The molecule has 3 heterocycles. The summed E-state index contributed by atoms with van der Waals surface area (Å²) in [5.41, 5.74) is -0.293. The summed E-state index contributed by atoms with van der Waals surface area (Å²) in [6.07, 6.45) is 4.43. The summed E-state index contributed by atoms with van der Waals surface area (Å²) in [7, 11) is 0. The third-order valence-corrected chi connectivity index (χ3v) is 4.59. The number of carbonyl (C=O) groups excluding carboxylic acids is 1. The monoisotopic (exact) mass is 278 g/mol. The molecule has 0 aromatic carbocycles. The highest BCUT2D eigenvalue weighted by Gasteiger charge is 2.43. The van der Waals surface area contributed by atoms with E-state index in [9.17, 15) is 4.79 Å². The van der Waals surface area contributed by atoms with Crippen molar-refractivity contribution in [1.82, 2.24) is 15.5 Å². The Labute approximate surface area is 116 Å².